The minimum atomic E-state index is -0.791. The topological polar surface area (TPSA) is 58.2 Å². The molecule has 170 valence electrons. The Bertz CT molecular complexity index is 1530. The number of ether oxygens (including phenoxy) is 1. The van der Waals surface area contributed by atoms with E-state index < -0.39 is 28.7 Å². The van der Waals surface area contributed by atoms with Crippen molar-refractivity contribution in [1.82, 2.24) is 13.7 Å². The van der Waals surface area contributed by atoms with E-state index in [4.69, 9.17) is 16.3 Å². The third-order valence-corrected chi connectivity index (χ3v) is 6.62. The molecule has 2 aromatic carbocycles. The van der Waals surface area contributed by atoms with Gasteiger partial charge in [-0.15, -0.1) is 0 Å². The molecule has 0 spiro atoms. The molecule has 5 rings (SSSR count). The van der Waals surface area contributed by atoms with E-state index in [1.807, 2.05) is 30.5 Å². The molecule has 0 radical (unpaired) electrons. The first-order chi connectivity index (χ1) is 15.6. The van der Waals surface area contributed by atoms with Gasteiger partial charge in [0.2, 0.25) is 0 Å². The Labute approximate surface area is 194 Å². The average molecular weight is 468 g/mol. The summed E-state index contributed by atoms with van der Waals surface area (Å²) in [4.78, 5) is 26.4. The van der Waals surface area contributed by atoms with E-state index in [-0.39, 0.29) is 6.61 Å². The highest BCUT2D eigenvalue weighted by Gasteiger charge is 2.41. The van der Waals surface area contributed by atoms with Crippen LogP contribution in [0, 0.1) is 5.82 Å². The summed E-state index contributed by atoms with van der Waals surface area (Å²) in [5.74, 6) is -0.412. The van der Waals surface area contributed by atoms with Gasteiger partial charge in [0, 0.05) is 24.7 Å². The van der Waals surface area contributed by atoms with Crippen molar-refractivity contribution >= 4 is 22.5 Å². The van der Waals surface area contributed by atoms with Gasteiger partial charge in [-0.05, 0) is 37.6 Å². The molecule has 4 aromatic rings. The van der Waals surface area contributed by atoms with E-state index in [9.17, 15) is 14.0 Å². The quantitative estimate of drug-likeness (QED) is 0.440. The molecule has 1 aliphatic rings. The van der Waals surface area contributed by atoms with Gasteiger partial charge in [0.05, 0.1) is 34.4 Å². The summed E-state index contributed by atoms with van der Waals surface area (Å²) in [5, 5.41) is 0.956. The Morgan fingerprint density at radius 1 is 1.03 bits per heavy atom. The Hall–Kier alpha value is -3.16. The molecule has 1 aliphatic heterocycles. The van der Waals surface area contributed by atoms with Crippen molar-refractivity contribution < 1.29 is 9.13 Å². The third kappa shape index (κ3) is 3.10. The van der Waals surface area contributed by atoms with Gasteiger partial charge in [-0.1, -0.05) is 41.9 Å². The molecule has 0 N–H and O–H groups in total. The normalized spacial score (nSPS) is 17.3. The van der Waals surface area contributed by atoms with Gasteiger partial charge < -0.3 is 9.30 Å². The average Bonchev–Trinajstić information content (AvgIpc) is 3.15. The van der Waals surface area contributed by atoms with Crippen molar-refractivity contribution in [2.24, 2.45) is 14.1 Å². The van der Waals surface area contributed by atoms with Crippen LogP contribution in [0.15, 0.2) is 58.1 Å². The number of hydrogen-bond donors (Lipinski definition) is 0. The van der Waals surface area contributed by atoms with E-state index in [0.717, 1.165) is 10.1 Å². The summed E-state index contributed by atoms with van der Waals surface area (Å²) >= 11 is 6.13. The fourth-order valence-electron chi connectivity index (χ4n) is 4.80. The lowest BCUT2D eigenvalue weighted by atomic mass is 9.97. The molecule has 0 amide bonds. The van der Waals surface area contributed by atoms with Crippen LogP contribution >= 0.6 is 11.6 Å². The third-order valence-electron chi connectivity index (χ3n) is 6.37. The smallest absolute Gasteiger partial charge is 0.331 e. The number of benzene rings is 2. The second-order valence-electron chi connectivity index (χ2n) is 9.03. The van der Waals surface area contributed by atoms with Crippen LogP contribution in [0.5, 0.6) is 0 Å². The van der Waals surface area contributed by atoms with Gasteiger partial charge in [0.15, 0.2) is 0 Å². The molecule has 6 nitrogen and oxygen atoms in total. The number of aryl methyl sites for hydroxylation is 1. The van der Waals surface area contributed by atoms with Gasteiger partial charge in [0.25, 0.3) is 5.56 Å². The lowest BCUT2D eigenvalue weighted by Gasteiger charge is -2.39. The van der Waals surface area contributed by atoms with Gasteiger partial charge >= 0.3 is 5.69 Å². The number of hydrogen-bond acceptors (Lipinski definition) is 3. The van der Waals surface area contributed by atoms with E-state index in [1.54, 1.807) is 37.4 Å². The number of halogens is 2. The van der Waals surface area contributed by atoms with E-state index in [2.05, 4.69) is 0 Å². The number of fused-ring (bicyclic) bond motifs is 3. The largest absolute Gasteiger partial charge is 0.365 e. The minimum absolute atomic E-state index is 0.287. The predicted molar refractivity (Wildman–Crippen MR) is 126 cm³/mol. The standard InChI is InChI=1S/C25H23ClFN3O3/c1-25(2)13-33-22(16-7-5-6-8-17(16)27)21-20-18(23(31)29(4)24(32)28(20)3)19(30(21)25)14-9-11-15(26)12-10-14/h5-12,22H,13H2,1-4H3. The van der Waals surface area contributed by atoms with Crippen LogP contribution in [0.2, 0.25) is 5.02 Å². The minimum Gasteiger partial charge on any atom is -0.365 e. The molecule has 3 heterocycles. The summed E-state index contributed by atoms with van der Waals surface area (Å²) < 4.78 is 25.7. The van der Waals surface area contributed by atoms with E-state index in [0.29, 0.717) is 32.9 Å². The van der Waals surface area contributed by atoms with Crippen LogP contribution in [0.4, 0.5) is 4.39 Å². The first-order valence-corrected chi connectivity index (χ1v) is 11.0. The summed E-state index contributed by atoms with van der Waals surface area (Å²) in [6, 6.07) is 13.6. The van der Waals surface area contributed by atoms with Crippen molar-refractivity contribution in [3.05, 3.63) is 91.5 Å². The Kier molecular flexibility index (Phi) is 4.88. The molecule has 33 heavy (non-hydrogen) atoms. The molecule has 2 aromatic heterocycles. The molecule has 0 aliphatic carbocycles. The van der Waals surface area contributed by atoms with Crippen LogP contribution < -0.4 is 11.2 Å². The van der Waals surface area contributed by atoms with E-state index >= 15 is 0 Å². The fourth-order valence-corrected chi connectivity index (χ4v) is 4.93. The van der Waals surface area contributed by atoms with Gasteiger partial charge in [0.1, 0.15) is 11.9 Å². The van der Waals surface area contributed by atoms with Crippen LogP contribution in [-0.4, -0.2) is 20.3 Å². The van der Waals surface area contributed by atoms with Crippen LogP contribution in [0.3, 0.4) is 0 Å². The molecule has 1 unspecified atom stereocenters. The molecule has 8 heteroatoms. The number of aromatic nitrogens is 3. The molecular formula is C25H23ClFN3O3. The summed E-state index contributed by atoms with van der Waals surface area (Å²) in [7, 11) is 3.08. The van der Waals surface area contributed by atoms with Crippen molar-refractivity contribution in [3.63, 3.8) is 0 Å². The van der Waals surface area contributed by atoms with E-state index in [1.165, 1.54) is 17.7 Å². The predicted octanol–water partition coefficient (Wildman–Crippen LogP) is 4.35. The Balaban J connectivity index is 2.03. The maximum absolute atomic E-state index is 14.9. The maximum Gasteiger partial charge on any atom is 0.331 e. The van der Waals surface area contributed by atoms with Gasteiger partial charge in [-0.3, -0.25) is 13.9 Å². The van der Waals surface area contributed by atoms with Crippen LogP contribution in [-0.2, 0) is 24.4 Å². The molecule has 0 fully saturated rings. The highest BCUT2D eigenvalue weighted by atomic mass is 35.5. The highest BCUT2D eigenvalue weighted by molar-refractivity contribution is 6.30. The SMILES string of the molecule is Cn1c(=O)c2c(-c3ccc(Cl)cc3)n3c(c2n(C)c1=O)C(c1ccccc1F)OCC3(C)C. The van der Waals surface area contributed by atoms with Gasteiger partial charge in [-0.2, -0.15) is 0 Å². The van der Waals surface area contributed by atoms with Crippen molar-refractivity contribution in [2.45, 2.75) is 25.5 Å². The lowest BCUT2D eigenvalue weighted by molar-refractivity contribution is -0.00855. The zero-order valence-electron chi connectivity index (χ0n) is 18.7. The number of rotatable bonds is 2. The molecular weight excluding hydrogens is 445 g/mol. The van der Waals surface area contributed by atoms with Crippen LogP contribution in [0.1, 0.15) is 31.2 Å². The van der Waals surface area contributed by atoms with Crippen LogP contribution in [0.25, 0.3) is 22.2 Å². The number of nitrogens with zero attached hydrogens (tertiary/aromatic N) is 3. The highest BCUT2D eigenvalue weighted by Crippen LogP contribution is 2.45. The van der Waals surface area contributed by atoms with Gasteiger partial charge in [-0.25, -0.2) is 9.18 Å². The zero-order chi connectivity index (χ0) is 23.7. The summed E-state index contributed by atoms with van der Waals surface area (Å²) in [6.07, 6.45) is -0.791. The molecule has 1 atom stereocenters. The fraction of sp³-hybridized carbons (Fsp3) is 0.280. The molecule has 0 saturated heterocycles. The summed E-state index contributed by atoms with van der Waals surface area (Å²) in [6.45, 7) is 4.28. The lowest BCUT2D eigenvalue weighted by Crippen LogP contribution is -2.40. The Morgan fingerprint density at radius 3 is 2.36 bits per heavy atom. The maximum atomic E-state index is 14.9. The van der Waals surface area contributed by atoms with Crippen molar-refractivity contribution in [2.75, 3.05) is 6.61 Å². The summed E-state index contributed by atoms with van der Waals surface area (Å²) in [5.41, 5.74) is 1.34. The second kappa shape index (κ2) is 7.43. The van der Waals surface area contributed by atoms with Crippen molar-refractivity contribution in [1.29, 1.82) is 0 Å². The first-order valence-electron chi connectivity index (χ1n) is 10.6. The van der Waals surface area contributed by atoms with Crippen molar-refractivity contribution in [3.8, 4) is 11.3 Å². The molecule has 0 saturated carbocycles. The molecule has 0 bridgehead atoms. The Morgan fingerprint density at radius 2 is 1.70 bits per heavy atom. The second-order valence-corrected chi connectivity index (χ2v) is 9.47. The zero-order valence-corrected chi connectivity index (χ0v) is 19.5. The monoisotopic (exact) mass is 467 g/mol. The first kappa shape index (κ1) is 21.7.